The molecule has 0 spiro atoms. The standard InChI is InChI=1S/C20H19FN4O/c21-17-9-5-4-8-16(17)20(26)22-13-12-18-23-19(14-10-11-14)24-25(18)15-6-2-1-3-7-15/h1-9,14H,10-13H2,(H,22,26). The smallest absolute Gasteiger partial charge is 0.254 e. The molecular weight excluding hydrogens is 331 g/mol. The first-order valence-corrected chi connectivity index (χ1v) is 8.76. The van der Waals surface area contributed by atoms with Crippen molar-refractivity contribution in [1.29, 1.82) is 0 Å². The fraction of sp³-hybridized carbons (Fsp3) is 0.250. The number of benzene rings is 2. The second kappa shape index (κ2) is 7.07. The zero-order valence-corrected chi connectivity index (χ0v) is 14.2. The molecule has 6 heteroatoms. The third kappa shape index (κ3) is 3.49. The number of amides is 1. The van der Waals surface area contributed by atoms with Gasteiger partial charge in [0.05, 0.1) is 11.3 Å². The van der Waals surface area contributed by atoms with E-state index < -0.39 is 11.7 Å². The zero-order valence-electron chi connectivity index (χ0n) is 14.2. The molecule has 0 aliphatic heterocycles. The van der Waals surface area contributed by atoms with Gasteiger partial charge in [0.1, 0.15) is 11.6 Å². The van der Waals surface area contributed by atoms with Gasteiger partial charge >= 0.3 is 0 Å². The monoisotopic (exact) mass is 350 g/mol. The van der Waals surface area contributed by atoms with Crippen molar-refractivity contribution in [2.45, 2.75) is 25.2 Å². The van der Waals surface area contributed by atoms with E-state index in [1.54, 1.807) is 12.1 Å². The van der Waals surface area contributed by atoms with Crippen molar-refractivity contribution in [3.8, 4) is 5.69 Å². The van der Waals surface area contributed by atoms with Gasteiger partial charge in [-0.15, -0.1) is 0 Å². The summed E-state index contributed by atoms with van der Waals surface area (Å²) < 4.78 is 15.5. The molecule has 132 valence electrons. The predicted octanol–water partition coefficient (Wildman–Crippen LogP) is 3.26. The largest absolute Gasteiger partial charge is 0.351 e. The number of halogens is 1. The molecule has 4 rings (SSSR count). The van der Waals surface area contributed by atoms with E-state index in [-0.39, 0.29) is 5.56 Å². The van der Waals surface area contributed by atoms with Crippen LogP contribution in [0.1, 0.15) is 40.8 Å². The number of hydrogen-bond donors (Lipinski definition) is 1. The molecule has 0 bridgehead atoms. The van der Waals surface area contributed by atoms with Crippen molar-refractivity contribution in [3.63, 3.8) is 0 Å². The van der Waals surface area contributed by atoms with E-state index >= 15 is 0 Å². The van der Waals surface area contributed by atoms with E-state index in [2.05, 4.69) is 15.4 Å². The van der Waals surface area contributed by atoms with Crippen LogP contribution in [0.4, 0.5) is 4.39 Å². The third-order valence-electron chi connectivity index (χ3n) is 4.39. The summed E-state index contributed by atoms with van der Waals surface area (Å²) in [5, 5.41) is 7.41. The summed E-state index contributed by atoms with van der Waals surface area (Å²) in [6.45, 7) is 0.364. The Morgan fingerprint density at radius 1 is 1.12 bits per heavy atom. The Hall–Kier alpha value is -3.02. The lowest BCUT2D eigenvalue weighted by Gasteiger charge is -2.07. The Labute approximate surface area is 150 Å². The molecule has 2 aromatic carbocycles. The third-order valence-corrected chi connectivity index (χ3v) is 4.39. The average molecular weight is 350 g/mol. The van der Waals surface area contributed by atoms with Crippen molar-refractivity contribution in [2.24, 2.45) is 0 Å². The quantitative estimate of drug-likeness (QED) is 0.742. The molecule has 0 saturated heterocycles. The minimum atomic E-state index is -0.520. The van der Waals surface area contributed by atoms with Crippen LogP contribution in [-0.4, -0.2) is 27.2 Å². The van der Waals surface area contributed by atoms with E-state index in [1.165, 1.54) is 12.1 Å². The van der Waals surface area contributed by atoms with Gasteiger partial charge in [-0.25, -0.2) is 14.1 Å². The molecule has 3 aromatic rings. The normalized spacial score (nSPS) is 13.6. The van der Waals surface area contributed by atoms with Gasteiger partial charge in [0, 0.05) is 18.9 Å². The fourth-order valence-electron chi connectivity index (χ4n) is 2.84. The average Bonchev–Trinajstić information content (AvgIpc) is 3.43. The van der Waals surface area contributed by atoms with E-state index in [0.29, 0.717) is 18.9 Å². The fourth-order valence-corrected chi connectivity index (χ4v) is 2.84. The second-order valence-corrected chi connectivity index (χ2v) is 6.39. The molecule has 1 amide bonds. The van der Waals surface area contributed by atoms with Crippen LogP contribution in [0, 0.1) is 5.82 Å². The highest BCUT2D eigenvalue weighted by atomic mass is 19.1. The van der Waals surface area contributed by atoms with Crippen LogP contribution in [0.2, 0.25) is 0 Å². The SMILES string of the molecule is O=C(NCCc1nc(C2CC2)nn1-c1ccccc1)c1ccccc1F. The molecule has 1 heterocycles. The van der Waals surface area contributed by atoms with Crippen LogP contribution in [0.3, 0.4) is 0 Å². The van der Waals surface area contributed by atoms with Crippen molar-refractivity contribution in [1.82, 2.24) is 20.1 Å². The van der Waals surface area contributed by atoms with E-state index in [4.69, 9.17) is 0 Å². The molecule has 1 aromatic heterocycles. The van der Waals surface area contributed by atoms with Gasteiger partial charge in [-0.3, -0.25) is 4.79 Å². The number of aromatic nitrogens is 3. The van der Waals surface area contributed by atoms with Gasteiger partial charge in [-0.2, -0.15) is 5.10 Å². The van der Waals surface area contributed by atoms with Crippen LogP contribution in [-0.2, 0) is 6.42 Å². The number of para-hydroxylation sites is 1. The Morgan fingerprint density at radius 2 is 1.85 bits per heavy atom. The lowest BCUT2D eigenvalue weighted by atomic mass is 10.2. The number of carbonyl (C=O) groups excluding carboxylic acids is 1. The minimum Gasteiger partial charge on any atom is -0.351 e. The van der Waals surface area contributed by atoms with Crippen LogP contribution in [0.5, 0.6) is 0 Å². The van der Waals surface area contributed by atoms with Crippen LogP contribution >= 0.6 is 0 Å². The highest BCUT2D eigenvalue weighted by molar-refractivity contribution is 5.94. The molecule has 1 saturated carbocycles. The summed E-state index contributed by atoms with van der Waals surface area (Å²) >= 11 is 0. The van der Waals surface area contributed by atoms with Crippen molar-refractivity contribution in [3.05, 3.63) is 77.6 Å². The van der Waals surface area contributed by atoms with Gasteiger partial charge in [0.15, 0.2) is 5.82 Å². The van der Waals surface area contributed by atoms with E-state index in [0.717, 1.165) is 30.2 Å². The summed E-state index contributed by atoms with van der Waals surface area (Å²) in [4.78, 5) is 16.8. The molecule has 1 aliphatic rings. The van der Waals surface area contributed by atoms with Gasteiger partial charge in [0.2, 0.25) is 0 Å². The molecule has 1 N–H and O–H groups in total. The number of carbonyl (C=O) groups is 1. The molecule has 5 nitrogen and oxygen atoms in total. The van der Waals surface area contributed by atoms with Gasteiger partial charge < -0.3 is 5.32 Å². The maximum Gasteiger partial charge on any atom is 0.254 e. The van der Waals surface area contributed by atoms with E-state index in [1.807, 2.05) is 35.0 Å². The van der Waals surface area contributed by atoms with Crippen LogP contribution < -0.4 is 5.32 Å². The molecule has 26 heavy (non-hydrogen) atoms. The van der Waals surface area contributed by atoms with Crippen molar-refractivity contribution in [2.75, 3.05) is 6.54 Å². The first-order chi connectivity index (χ1) is 12.7. The first-order valence-electron chi connectivity index (χ1n) is 8.76. The minimum absolute atomic E-state index is 0.0516. The summed E-state index contributed by atoms with van der Waals surface area (Å²) in [5.74, 6) is 1.17. The number of hydrogen-bond acceptors (Lipinski definition) is 3. The molecular formula is C20H19FN4O. The summed E-state index contributed by atoms with van der Waals surface area (Å²) in [6.07, 6.45) is 2.78. The van der Waals surface area contributed by atoms with Gasteiger partial charge in [-0.1, -0.05) is 30.3 Å². The highest BCUT2D eigenvalue weighted by Gasteiger charge is 2.29. The lowest BCUT2D eigenvalue weighted by molar-refractivity contribution is 0.0950. The topological polar surface area (TPSA) is 59.8 Å². The molecule has 0 atom stereocenters. The van der Waals surface area contributed by atoms with Gasteiger partial charge in [0.25, 0.3) is 5.91 Å². The second-order valence-electron chi connectivity index (χ2n) is 6.39. The number of rotatable bonds is 6. The first kappa shape index (κ1) is 16.4. The molecule has 1 fully saturated rings. The van der Waals surface area contributed by atoms with E-state index in [9.17, 15) is 9.18 Å². The molecule has 1 aliphatic carbocycles. The Morgan fingerprint density at radius 3 is 2.58 bits per heavy atom. The molecule has 0 radical (unpaired) electrons. The maximum absolute atomic E-state index is 13.7. The summed E-state index contributed by atoms with van der Waals surface area (Å²) in [7, 11) is 0. The highest BCUT2D eigenvalue weighted by Crippen LogP contribution is 2.38. The number of nitrogens with one attached hydrogen (secondary N) is 1. The Bertz CT molecular complexity index is 919. The zero-order chi connectivity index (χ0) is 17.9. The Kier molecular flexibility index (Phi) is 4.48. The lowest BCUT2D eigenvalue weighted by Crippen LogP contribution is -2.27. The van der Waals surface area contributed by atoms with Crippen molar-refractivity contribution < 1.29 is 9.18 Å². The van der Waals surface area contributed by atoms with Crippen molar-refractivity contribution >= 4 is 5.91 Å². The number of nitrogens with zero attached hydrogens (tertiary/aromatic N) is 3. The molecule has 0 unspecified atom stereocenters. The Balaban J connectivity index is 1.48. The van der Waals surface area contributed by atoms with Crippen LogP contribution in [0.15, 0.2) is 54.6 Å². The maximum atomic E-state index is 13.7. The van der Waals surface area contributed by atoms with Gasteiger partial charge in [-0.05, 0) is 37.1 Å². The summed E-state index contributed by atoms with van der Waals surface area (Å²) in [5.41, 5.74) is 0.998. The van der Waals surface area contributed by atoms with Crippen LogP contribution in [0.25, 0.3) is 5.69 Å². The predicted molar refractivity (Wildman–Crippen MR) is 95.8 cm³/mol. The summed E-state index contributed by atoms with van der Waals surface area (Å²) in [6, 6.07) is 15.8.